The highest BCUT2D eigenvalue weighted by molar-refractivity contribution is 5.35. The summed E-state index contributed by atoms with van der Waals surface area (Å²) in [6, 6.07) is 14.5. The van der Waals surface area contributed by atoms with Crippen molar-refractivity contribution in [3.63, 3.8) is 0 Å². The Balaban J connectivity index is 2.03. The third-order valence-electron chi connectivity index (χ3n) is 3.07. The SMILES string of the molecule is Cc1cc(OC(F)(F)F)ccc1CCc1ccccc1. The van der Waals surface area contributed by atoms with Crippen molar-refractivity contribution >= 4 is 0 Å². The Morgan fingerprint density at radius 3 is 2.25 bits per heavy atom. The van der Waals surface area contributed by atoms with Crippen molar-refractivity contribution in [2.24, 2.45) is 0 Å². The molecule has 0 aromatic heterocycles. The van der Waals surface area contributed by atoms with Gasteiger partial charge in [-0.15, -0.1) is 13.2 Å². The number of ether oxygens (including phenoxy) is 1. The molecule has 0 unspecified atom stereocenters. The van der Waals surface area contributed by atoms with Crippen molar-refractivity contribution in [1.29, 1.82) is 0 Å². The maximum atomic E-state index is 12.1. The summed E-state index contributed by atoms with van der Waals surface area (Å²) in [5, 5.41) is 0. The second-order valence-electron chi connectivity index (χ2n) is 4.62. The van der Waals surface area contributed by atoms with Crippen LogP contribution in [0.15, 0.2) is 48.5 Å². The second-order valence-corrected chi connectivity index (χ2v) is 4.62. The molecular weight excluding hydrogens is 265 g/mol. The minimum atomic E-state index is -4.64. The van der Waals surface area contributed by atoms with Crippen LogP contribution in [0.3, 0.4) is 0 Å². The first-order valence-corrected chi connectivity index (χ1v) is 6.33. The largest absolute Gasteiger partial charge is 0.573 e. The Kier molecular flexibility index (Phi) is 4.32. The predicted octanol–water partition coefficient (Wildman–Crippen LogP) is 4.68. The van der Waals surface area contributed by atoms with E-state index >= 15 is 0 Å². The van der Waals surface area contributed by atoms with Gasteiger partial charge in [0.05, 0.1) is 0 Å². The molecule has 0 fully saturated rings. The molecule has 2 rings (SSSR count). The third-order valence-corrected chi connectivity index (χ3v) is 3.07. The summed E-state index contributed by atoms with van der Waals surface area (Å²) in [7, 11) is 0. The van der Waals surface area contributed by atoms with Gasteiger partial charge in [0.25, 0.3) is 0 Å². The van der Waals surface area contributed by atoms with Crippen LogP contribution in [0.5, 0.6) is 5.75 Å². The highest BCUT2D eigenvalue weighted by Gasteiger charge is 2.31. The van der Waals surface area contributed by atoms with Crippen molar-refractivity contribution < 1.29 is 17.9 Å². The Morgan fingerprint density at radius 1 is 0.950 bits per heavy atom. The molecule has 0 spiro atoms. The minimum absolute atomic E-state index is 0.168. The first-order chi connectivity index (χ1) is 9.44. The van der Waals surface area contributed by atoms with Crippen LogP contribution in [0, 0.1) is 6.92 Å². The molecule has 0 atom stereocenters. The minimum Gasteiger partial charge on any atom is -0.406 e. The monoisotopic (exact) mass is 280 g/mol. The Hall–Kier alpha value is -1.97. The normalized spacial score (nSPS) is 11.4. The standard InChI is InChI=1S/C16H15F3O/c1-12-11-15(20-16(17,18)19)10-9-14(12)8-7-13-5-3-2-4-6-13/h2-6,9-11H,7-8H2,1H3. The van der Waals surface area contributed by atoms with E-state index in [1.807, 2.05) is 30.3 Å². The predicted molar refractivity (Wildman–Crippen MR) is 71.7 cm³/mol. The van der Waals surface area contributed by atoms with E-state index in [1.54, 1.807) is 13.0 Å². The average molecular weight is 280 g/mol. The van der Waals surface area contributed by atoms with Gasteiger partial charge in [-0.05, 0) is 48.6 Å². The maximum absolute atomic E-state index is 12.1. The van der Waals surface area contributed by atoms with Gasteiger partial charge in [0.15, 0.2) is 0 Å². The van der Waals surface area contributed by atoms with Gasteiger partial charge in [0, 0.05) is 0 Å². The molecule has 0 heterocycles. The van der Waals surface area contributed by atoms with Gasteiger partial charge in [-0.25, -0.2) is 0 Å². The van der Waals surface area contributed by atoms with Crippen molar-refractivity contribution in [3.05, 3.63) is 65.2 Å². The molecule has 0 aliphatic rings. The van der Waals surface area contributed by atoms with E-state index in [0.717, 1.165) is 24.0 Å². The number of hydrogen-bond donors (Lipinski definition) is 0. The number of aryl methyl sites for hydroxylation is 3. The molecule has 0 saturated heterocycles. The highest BCUT2D eigenvalue weighted by atomic mass is 19.4. The van der Waals surface area contributed by atoms with E-state index in [9.17, 15) is 13.2 Å². The summed E-state index contributed by atoms with van der Waals surface area (Å²) in [5.74, 6) is -0.168. The Labute approximate surface area is 116 Å². The zero-order valence-electron chi connectivity index (χ0n) is 11.1. The average Bonchev–Trinajstić information content (AvgIpc) is 2.37. The molecule has 4 heteroatoms. The van der Waals surface area contributed by atoms with E-state index in [4.69, 9.17) is 0 Å². The van der Waals surface area contributed by atoms with Crippen LogP contribution >= 0.6 is 0 Å². The van der Waals surface area contributed by atoms with Crippen LogP contribution in [-0.2, 0) is 12.8 Å². The number of rotatable bonds is 4. The number of hydrogen-bond acceptors (Lipinski definition) is 1. The van der Waals surface area contributed by atoms with Gasteiger partial charge < -0.3 is 4.74 Å². The smallest absolute Gasteiger partial charge is 0.406 e. The lowest BCUT2D eigenvalue weighted by molar-refractivity contribution is -0.274. The fraction of sp³-hybridized carbons (Fsp3) is 0.250. The summed E-state index contributed by atoms with van der Waals surface area (Å²) in [5.41, 5.74) is 3.05. The molecule has 0 amide bonds. The molecule has 1 nitrogen and oxygen atoms in total. The summed E-state index contributed by atoms with van der Waals surface area (Å²) in [4.78, 5) is 0. The first-order valence-electron chi connectivity index (χ1n) is 6.33. The van der Waals surface area contributed by atoms with Gasteiger partial charge in [-0.1, -0.05) is 36.4 Å². The summed E-state index contributed by atoms with van der Waals surface area (Å²) >= 11 is 0. The van der Waals surface area contributed by atoms with E-state index in [0.29, 0.717) is 0 Å². The quantitative estimate of drug-likeness (QED) is 0.790. The van der Waals surface area contributed by atoms with Gasteiger partial charge >= 0.3 is 6.36 Å². The van der Waals surface area contributed by atoms with E-state index in [-0.39, 0.29) is 5.75 Å². The van der Waals surface area contributed by atoms with Crippen LogP contribution < -0.4 is 4.74 Å². The lowest BCUT2D eigenvalue weighted by Gasteiger charge is -2.11. The molecule has 0 saturated carbocycles. The highest BCUT2D eigenvalue weighted by Crippen LogP contribution is 2.25. The zero-order chi connectivity index (χ0) is 14.6. The van der Waals surface area contributed by atoms with Crippen molar-refractivity contribution in [2.45, 2.75) is 26.1 Å². The zero-order valence-corrected chi connectivity index (χ0v) is 11.1. The van der Waals surface area contributed by atoms with E-state index in [1.165, 1.54) is 17.7 Å². The summed E-state index contributed by atoms with van der Waals surface area (Å²) < 4.78 is 40.3. The number of alkyl halides is 3. The van der Waals surface area contributed by atoms with Crippen LogP contribution in [-0.4, -0.2) is 6.36 Å². The van der Waals surface area contributed by atoms with Gasteiger partial charge in [0.2, 0.25) is 0 Å². The lowest BCUT2D eigenvalue weighted by Crippen LogP contribution is -2.17. The molecule has 0 radical (unpaired) electrons. The molecule has 0 N–H and O–H groups in total. The van der Waals surface area contributed by atoms with Crippen LogP contribution in [0.2, 0.25) is 0 Å². The lowest BCUT2D eigenvalue weighted by atomic mass is 10.0. The van der Waals surface area contributed by atoms with Crippen LogP contribution in [0.1, 0.15) is 16.7 Å². The number of halogens is 3. The van der Waals surface area contributed by atoms with E-state index in [2.05, 4.69) is 4.74 Å². The van der Waals surface area contributed by atoms with Gasteiger partial charge in [-0.2, -0.15) is 0 Å². The third kappa shape index (κ3) is 4.30. The topological polar surface area (TPSA) is 9.23 Å². The molecule has 0 aliphatic carbocycles. The first kappa shape index (κ1) is 14.4. The van der Waals surface area contributed by atoms with Crippen LogP contribution in [0.25, 0.3) is 0 Å². The molecule has 0 bridgehead atoms. The van der Waals surface area contributed by atoms with Gasteiger partial charge in [0.1, 0.15) is 5.75 Å². The molecule has 2 aromatic carbocycles. The maximum Gasteiger partial charge on any atom is 0.573 e. The second kappa shape index (κ2) is 5.99. The summed E-state index contributed by atoms with van der Waals surface area (Å²) in [6.07, 6.45) is -2.98. The van der Waals surface area contributed by atoms with Crippen molar-refractivity contribution in [1.82, 2.24) is 0 Å². The van der Waals surface area contributed by atoms with Crippen LogP contribution in [0.4, 0.5) is 13.2 Å². The van der Waals surface area contributed by atoms with Crippen molar-refractivity contribution in [2.75, 3.05) is 0 Å². The van der Waals surface area contributed by atoms with Crippen molar-refractivity contribution in [3.8, 4) is 5.75 Å². The molecule has 20 heavy (non-hydrogen) atoms. The number of benzene rings is 2. The Bertz CT molecular complexity index is 562. The fourth-order valence-electron chi connectivity index (χ4n) is 2.07. The van der Waals surface area contributed by atoms with E-state index < -0.39 is 6.36 Å². The molecule has 106 valence electrons. The Morgan fingerprint density at radius 2 is 1.65 bits per heavy atom. The van der Waals surface area contributed by atoms with Gasteiger partial charge in [-0.3, -0.25) is 0 Å². The molecular formula is C16H15F3O. The molecule has 2 aromatic rings. The summed E-state index contributed by atoms with van der Waals surface area (Å²) in [6.45, 7) is 1.80. The molecule has 0 aliphatic heterocycles. The fourth-order valence-corrected chi connectivity index (χ4v) is 2.07.